The Morgan fingerprint density at radius 2 is 2.08 bits per heavy atom. The first-order chi connectivity index (χ1) is 11.4. The minimum Gasteiger partial charge on any atom is -0.466 e. The number of rotatable bonds is 11. The fourth-order valence-electron chi connectivity index (χ4n) is 3.46. The van der Waals surface area contributed by atoms with Crippen LogP contribution in [0.25, 0.3) is 0 Å². The zero-order valence-electron chi connectivity index (χ0n) is 15.9. The lowest BCUT2D eigenvalue weighted by Gasteiger charge is -2.47. The average Bonchev–Trinajstić information content (AvgIpc) is 2.53. The van der Waals surface area contributed by atoms with Gasteiger partial charge in [0.05, 0.1) is 18.9 Å². The molecule has 24 heavy (non-hydrogen) atoms. The summed E-state index contributed by atoms with van der Waals surface area (Å²) in [5.74, 6) is 0.283. The van der Waals surface area contributed by atoms with E-state index in [1.54, 1.807) is 0 Å². The third-order valence-electron chi connectivity index (χ3n) is 4.47. The van der Waals surface area contributed by atoms with Gasteiger partial charge in [0.2, 0.25) is 0 Å². The maximum atomic E-state index is 9.71. The van der Waals surface area contributed by atoms with E-state index >= 15 is 0 Å². The van der Waals surface area contributed by atoms with Gasteiger partial charge in [-0.05, 0) is 32.4 Å². The molecule has 0 amide bonds. The highest BCUT2D eigenvalue weighted by Gasteiger charge is 2.47. The van der Waals surface area contributed by atoms with E-state index in [0.29, 0.717) is 6.61 Å². The summed E-state index contributed by atoms with van der Waals surface area (Å²) in [5.41, 5.74) is -0.340. The molecule has 1 saturated heterocycles. The molecule has 1 aliphatic rings. The van der Waals surface area contributed by atoms with Crippen molar-refractivity contribution in [2.24, 2.45) is 5.92 Å². The molecule has 144 valence electrons. The van der Waals surface area contributed by atoms with Crippen molar-refractivity contribution in [1.82, 2.24) is 0 Å². The fraction of sp³-hybridized carbons (Fsp3) is 1.00. The van der Waals surface area contributed by atoms with Gasteiger partial charge < -0.3 is 28.2 Å². The smallest absolute Gasteiger partial charge is 0.173 e. The number of hydrogen-bond acceptors (Lipinski definition) is 6. The third-order valence-corrected chi connectivity index (χ3v) is 10.4. The van der Waals surface area contributed by atoms with Crippen molar-refractivity contribution in [2.45, 2.75) is 62.7 Å². The minimum atomic E-state index is -1.33. The standard InChI is InChI=1S/C14H36O6Si4/c1-23(2)14(18-10-12(16)9-15)11(6-5-7-17-14)8-13(22-20-21)19-24(3)4/h11-13,15-16,23-24H,5-10,22H2,1-4,21H3. The molecule has 0 aliphatic carbocycles. The van der Waals surface area contributed by atoms with Gasteiger partial charge in [0.1, 0.15) is 25.4 Å². The Kier molecular flexibility index (Phi) is 10.7. The van der Waals surface area contributed by atoms with Crippen LogP contribution >= 0.6 is 0 Å². The lowest BCUT2D eigenvalue weighted by Crippen LogP contribution is -2.58. The van der Waals surface area contributed by atoms with Crippen LogP contribution in [-0.2, 0) is 18.0 Å². The van der Waals surface area contributed by atoms with Crippen molar-refractivity contribution in [3.63, 3.8) is 0 Å². The minimum absolute atomic E-state index is 0.122. The summed E-state index contributed by atoms with van der Waals surface area (Å²) in [6.07, 6.45) is 2.18. The molecule has 0 aromatic rings. The quantitative estimate of drug-likeness (QED) is 0.407. The summed E-state index contributed by atoms with van der Waals surface area (Å²) in [5, 5.41) is 18.8. The van der Waals surface area contributed by atoms with Gasteiger partial charge >= 0.3 is 0 Å². The second kappa shape index (κ2) is 11.4. The van der Waals surface area contributed by atoms with Crippen LogP contribution in [0.5, 0.6) is 0 Å². The molecule has 1 aliphatic heterocycles. The maximum Gasteiger partial charge on any atom is 0.173 e. The predicted octanol–water partition coefficient (Wildman–Crippen LogP) is -1.40. The van der Waals surface area contributed by atoms with Crippen molar-refractivity contribution >= 4 is 38.1 Å². The normalized spacial score (nSPS) is 28.2. The van der Waals surface area contributed by atoms with Crippen molar-refractivity contribution in [2.75, 3.05) is 19.8 Å². The van der Waals surface area contributed by atoms with Crippen LogP contribution in [0, 0.1) is 5.92 Å². The van der Waals surface area contributed by atoms with E-state index in [2.05, 4.69) is 26.2 Å². The lowest BCUT2D eigenvalue weighted by atomic mass is 9.96. The van der Waals surface area contributed by atoms with Crippen LogP contribution in [0.4, 0.5) is 0 Å². The van der Waals surface area contributed by atoms with Crippen LogP contribution in [0.2, 0.25) is 26.2 Å². The molecule has 1 rings (SSSR count). The topological polar surface area (TPSA) is 77.4 Å². The van der Waals surface area contributed by atoms with E-state index < -0.39 is 39.1 Å². The van der Waals surface area contributed by atoms with Crippen molar-refractivity contribution in [3.8, 4) is 0 Å². The Hall–Kier alpha value is 0.628. The first-order valence-electron chi connectivity index (χ1n) is 9.06. The fourth-order valence-corrected chi connectivity index (χ4v) is 9.96. The molecular weight excluding hydrogens is 376 g/mol. The number of aliphatic hydroxyl groups is 2. The second-order valence-corrected chi connectivity index (χ2v) is 16.2. The van der Waals surface area contributed by atoms with E-state index in [9.17, 15) is 5.11 Å². The van der Waals surface area contributed by atoms with Crippen LogP contribution < -0.4 is 0 Å². The first kappa shape index (κ1) is 22.7. The summed E-state index contributed by atoms with van der Waals surface area (Å²) < 4.78 is 24.2. The summed E-state index contributed by atoms with van der Waals surface area (Å²) >= 11 is 0. The van der Waals surface area contributed by atoms with Crippen molar-refractivity contribution in [3.05, 3.63) is 0 Å². The van der Waals surface area contributed by atoms with Gasteiger partial charge in [0.25, 0.3) is 0 Å². The zero-order valence-corrected chi connectivity index (χ0v) is 21.6. The Morgan fingerprint density at radius 1 is 1.38 bits per heavy atom. The summed E-state index contributed by atoms with van der Waals surface area (Å²) in [6.45, 7) is 9.41. The highest BCUT2D eigenvalue weighted by Crippen LogP contribution is 2.38. The average molecular weight is 413 g/mol. The third kappa shape index (κ3) is 6.74. The zero-order chi connectivity index (χ0) is 18.2. The van der Waals surface area contributed by atoms with E-state index in [4.69, 9.17) is 23.1 Å². The van der Waals surface area contributed by atoms with E-state index in [0.717, 1.165) is 29.7 Å². The molecule has 1 fully saturated rings. The van der Waals surface area contributed by atoms with Crippen LogP contribution in [0.15, 0.2) is 0 Å². The van der Waals surface area contributed by atoms with Gasteiger partial charge in [-0.25, -0.2) is 0 Å². The Morgan fingerprint density at radius 3 is 2.62 bits per heavy atom. The van der Waals surface area contributed by atoms with Crippen molar-refractivity contribution in [1.29, 1.82) is 0 Å². The second-order valence-electron chi connectivity index (χ2n) is 7.21. The SMILES string of the molecule is C[SiH](C)OC(CC1CCCOC1(OCC(O)CO)[SiH](C)C)[SiH2]O[SiH3]. The molecule has 0 spiro atoms. The Labute approximate surface area is 155 Å². The van der Waals surface area contributed by atoms with E-state index in [1.165, 1.54) is 0 Å². The molecule has 0 bridgehead atoms. The number of aliphatic hydroxyl groups excluding tert-OH is 2. The number of ether oxygens (including phenoxy) is 2. The van der Waals surface area contributed by atoms with Gasteiger partial charge in [0.15, 0.2) is 24.2 Å². The molecule has 1 heterocycles. The molecule has 4 atom stereocenters. The molecule has 0 aromatic heterocycles. The van der Waals surface area contributed by atoms with Gasteiger partial charge in [-0.3, -0.25) is 0 Å². The lowest BCUT2D eigenvalue weighted by molar-refractivity contribution is -0.245. The summed E-state index contributed by atoms with van der Waals surface area (Å²) in [6, 6.07) is 0. The monoisotopic (exact) mass is 412 g/mol. The van der Waals surface area contributed by atoms with Gasteiger partial charge in [-0.1, -0.05) is 13.1 Å². The van der Waals surface area contributed by atoms with Crippen LogP contribution in [0.1, 0.15) is 19.3 Å². The first-order valence-corrected chi connectivity index (χ1v) is 16.9. The molecule has 10 heteroatoms. The van der Waals surface area contributed by atoms with Gasteiger partial charge in [-0.15, -0.1) is 0 Å². The molecular formula is C14H36O6Si4. The van der Waals surface area contributed by atoms with Crippen LogP contribution in [0.3, 0.4) is 0 Å². The number of hydrogen-bond donors (Lipinski definition) is 2. The maximum absolute atomic E-state index is 9.71. The highest BCUT2D eigenvalue weighted by atomic mass is 28.3. The highest BCUT2D eigenvalue weighted by molar-refractivity contribution is 6.58. The molecule has 4 unspecified atom stereocenters. The molecule has 2 N–H and O–H groups in total. The summed E-state index contributed by atoms with van der Waals surface area (Å²) in [7, 11) is -2.34. The predicted molar refractivity (Wildman–Crippen MR) is 107 cm³/mol. The van der Waals surface area contributed by atoms with Gasteiger partial charge in [0, 0.05) is 12.5 Å². The molecule has 0 saturated carbocycles. The molecule has 0 aromatic carbocycles. The Balaban J connectivity index is 2.87. The Bertz CT molecular complexity index is 349. The largest absolute Gasteiger partial charge is 0.466 e. The molecule has 6 nitrogen and oxygen atoms in total. The van der Waals surface area contributed by atoms with E-state index in [1.807, 2.05) is 0 Å². The van der Waals surface area contributed by atoms with Crippen molar-refractivity contribution < 1.29 is 28.2 Å². The summed E-state index contributed by atoms with van der Waals surface area (Å²) in [4.78, 5) is 0. The molecule has 0 radical (unpaired) electrons. The van der Waals surface area contributed by atoms with Crippen LogP contribution in [-0.4, -0.2) is 85.4 Å². The van der Waals surface area contributed by atoms with E-state index in [-0.39, 0.29) is 24.9 Å². The van der Waals surface area contributed by atoms with Gasteiger partial charge in [-0.2, -0.15) is 0 Å².